The number of fused-ring (bicyclic) bond motifs is 3. The highest BCUT2D eigenvalue weighted by Crippen LogP contribution is 2.49. The summed E-state index contributed by atoms with van der Waals surface area (Å²) in [5.41, 5.74) is 1.32. The molecule has 0 saturated heterocycles. The molecule has 1 aliphatic heterocycles. The van der Waals surface area contributed by atoms with Gasteiger partial charge in [-0.05, 0) is 74.3 Å². The van der Waals surface area contributed by atoms with E-state index in [4.69, 9.17) is 0 Å². The van der Waals surface area contributed by atoms with Gasteiger partial charge in [0.1, 0.15) is 0 Å². The molecule has 1 aromatic rings. The molecule has 2 saturated carbocycles. The standard InChI is InChI=1S/C20H29N3O2S/c1-12(17-10-14-3-4-15(17)9-14)21-20(25)22-19(24)11-23-7-5-18-16(13(23)2)6-8-26-18/h6,8,12-15,17H,3-5,7,9-11H2,1-2H3,(H2,21,22,24,25). The Morgan fingerprint density at radius 1 is 1.35 bits per heavy atom. The molecule has 2 heterocycles. The van der Waals surface area contributed by atoms with Crippen LogP contribution in [-0.2, 0) is 11.2 Å². The van der Waals surface area contributed by atoms with E-state index in [1.165, 1.54) is 36.1 Å². The van der Waals surface area contributed by atoms with Crippen LogP contribution in [-0.4, -0.2) is 36.0 Å². The van der Waals surface area contributed by atoms with E-state index in [0.717, 1.165) is 24.8 Å². The Kier molecular flexibility index (Phi) is 5.06. The molecular formula is C20H29N3O2S. The summed E-state index contributed by atoms with van der Waals surface area (Å²) in [7, 11) is 0. The zero-order chi connectivity index (χ0) is 18.3. The van der Waals surface area contributed by atoms with Gasteiger partial charge in [0.25, 0.3) is 0 Å². The van der Waals surface area contributed by atoms with Crippen LogP contribution < -0.4 is 10.6 Å². The summed E-state index contributed by atoms with van der Waals surface area (Å²) in [6.07, 6.45) is 6.21. The first-order valence-corrected chi connectivity index (χ1v) is 10.8. The van der Waals surface area contributed by atoms with Crippen LogP contribution in [0, 0.1) is 17.8 Å². The molecule has 142 valence electrons. The number of hydrogen-bond donors (Lipinski definition) is 2. The summed E-state index contributed by atoms with van der Waals surface area (Å²) in [6.45, 7) is 5.35. The van der Waals surface area contributed by atoms with Crippen molar-refractivity contribution >= 4 is 23.3 Å². The van der Waals surface area contributed by atoms with Crippen molar-refractivity contribution in [3.8, 4) is 0 Å². The fourth-order valence-electron chi connectivity index (χ4n) is 5.38. The highest BCUT2D eigenvalue weighted by Gasteiger charge is 2.42. The van der Waals surface area contributed by atoms with Gasteiger partial charge in [-0.15, -0.1) is 11.3 Å². The van der Waals surface area contributed by atoms with Gasteiger partial charge in [-0.3, -0.25) is 15.0 Å². The molecule has 0 radical (unpaired) electrons. The number of nitrogens with one attached hydrogen (secondary N) is 2. The molecule has 0 spiro atoms. The van der Waals surface area contributed by atoms with E-state index in [-0.39, 0.29) is 30.6 Å². The Hall–Kier alpha value is -1.40. The zero-order valence-corrected chi connectivity index (χ0v) is 16.5. The number of nitrogens with zero attached hydrogens (tertiary/aromatic N) is 1. The molecule has 6 heteroatoms. The second kappa shape index (κ2) is 7.31. The molecule has 2 bridgehead atoms. The SMILES string of the molecule is CC(NC(=O)NC(=O)CN1CCc2sccc2C1C)C1CC2CCC1C2. The van der Waals surface area contributed by atoms with E-state index in [1.54, 1.807) is 11.3 Å². The molecular weight excluding hydrogens is 346 g/mol. The Morgan fingerprint density at radius 2 is 2.19 bits per heavy atom. The van der Waals surface area contributed by atoms with Crippen LogP contribution in [0.25, 0.3) is 0 Å². The molecule has 2 fully saturated rings. The largest absolute Gasteiger partial charge is 0.335 e. The Labute approximate surface area is 159 Å². The predicted molar refractivity (Wildman–Crippen MR) is 103 cm³/mol. The van der Waals surface area contributed by atoms with Crippen molar-refractivity contribution < 1.29 is 9.59 Å². The average Bonchev–Trinajstić information content (AvgIpc) is 3.32. The minimum absolute atomic E-state index is 0.139. The number of amides is 3. The van der Waals surface area contributed by atoms with Crippen molar-refractivity contribution in [1.29, 1.82) is 0 Å². The number of carbonyl (C=O) groups excluding carboxylic acids is 2. The lowest BCUT2D eigenvalue weighted by atomic mass is 9.84. The number of carbonyl (C=O) groups is 2. The zero-order valence-electron chi connectivity index (χ0n) is 15.7. The Bertz CT molecular complexity index is 688. The molecule has 2 aliphatic carbocycles. The minimum Gasteiger partial charge on any atom is -0.335 e. The maximum atomic E-state index is 12.3. The van der Waals surface area contributed by atoms with Crippen molar-refractivity contribution in [2.45, 2.75) is 58.0 Å². The molecule has 3 aliphatic rings. The molecule has 2 N–H and O–H groups in total. The second-order valence-electron chi connectivity index (χ2n) is 8.34. The van der Waals surface area contributed by atoms with Crippen molar-refractivity contribution in [3.05, 3.63) is 21.9 Å². The van der Waals surface area contributed by atoms with E-state index in [2.05, 4.69) is 40.8 Å². The number of thiophene rings is 1. The van der Waals surface area contributed by atoms with Gasteiger partial charge in [-0.25, -0.2) is 4.79 Å². The Morgan fingerprint density at radius 3 is 2.92 bits per heavy atom. The first-order valence-electron chi connectivity index (χ1n) is 9.92. The number of rotatable bonds is 4. The number of urea groups is 1. The van der Waals surface area contributed by atoms with Crippen LogP contribution in [0.3, 0.4) is 0 Å². The smallest absolute Gasteiger partial charge is 0.321 e. The fourth-order valence-corrected chi connectivity index (χ4v) is 6.35. The molecule has 5 atom stereocenters. The second-order valence-corrected chi connectivity index (χ2v) is 9.35. The van der Waals surface area contributed by atoms with Gasteiger partial charge >= 0.3 is 6.03 Å². The van der Waals surface area contributed by atoms with Gasteiger partial charge in [-0.2, -0.15) is 0 Å². The van der Waals surface area contributed by atoms with Gasteiger partial charge in [-0.1, -0.05) is 6.42 Å². The van der Waals surface area contributed by atoms with Crippen LogP contribution in [0.15, 0.2) is 11.4 Å². The quantitative estimate of drug-likeness (QED) is 0.849. The summed E-state index contributed by atoms with van der Waals surface area (Å²) in [5.74, 6) is 1.99. The third kappa shape index (κ3) is 3.54. The maximum Gasteiger partial charge on any atom is 0.321 e. The van der Waals surface area contributed by atoms with E-state index >= 15 is 0 Å². The fraction of sp³-hybridized carbons (Fsp3) is 0.700. The number of hydrogen-bond acceptors (Lipinski definition) is 4. The van der Waals surface area contributed by atoms with Gasteiger partial charge in [0.05, 0.1) is 6.54 Å². The van der Waals surface area contributed by atoms with E-state index in [0.29, 0.717) is 5.92 Å². The summed E-state index contributed by atoms with van der Waals surface area (Å²) >= 11 is 1.79. The molecule has 3 amide bonds. The maximum absolute atomic E-state index is 12.3. The first-order chi connectivity index (χ1) is 12.5. The monoisotopic (exact) mass is 375 g/mol. The summed E-state index contributed by atoms with van der Waals surface area (Å²) in [6, 6.07) is 2.18. The summed E-state index contributed by atoms with van der Waals surface area (Å²) in [5, 5.41) is 7.67. The topological polar surface area (TPSA) is 61.4 Å². The summed E-state index contributed by atoms with van der Waals surface area (Å²) in [4.78, 5) is 28.2. The number of imide groups is 1. The Balaban J connectivity index is 1.25. The minimum atomic E-state index is -0.342. The lowest BCUT2D eigenvalue weighted by Gasteiger charge is -2.33. The lowest BCUT2D eigenvalue weighted by molar-refractivity contribution is -0.121. The highest BCUT2D eigenvalue weighted by atomic mass is 32.1. The van der Waals surface area contributed by atoms with Gasteiger partial charge in [0.2, 0.25) is 5.91 Å². The first kappa shape index (κ1) is 18.0. The van der Waals surface area contributed by atoms with Crippen LogP contribution in [0.5, 0.6) is 0 Å². The molecule has 26 heavy (non-hydrogen) atoms. The van der Waals surface area contributed by atoms with Crippen LogP contribution in [0.2, 0.25) is 0 Å². The third-order valence-corrected chi connectivity index (χ3v) is 7.79. The van der Waals surface area contributed by atoms with Crippen LogP contribution in [0.1, 0.15) is 56.0 Å². The van der Waals surface area contributed by atoms with E-state index in [1.807, 2.05) is 0 Å². The van der Waals surface area contributed by atoms with Crippen molar-refractivity contribution in [3.63, 3.8) is 0 Å². The normalized spacial score (nSPS) is 31.5. The molecule has 5 nitrogen and oxygen atoms in total. The average molecular weight is 376 g/mol. The van der Waals surface area contributed by atoms with E-state index < -0.39 is 0 Å². The van der Waals surface area contributed by atoms with Gasteiger partial charge < -0.3 is 5.32 Å². The predicted octanol–water partition coefficient (Wildman–Crippen LogP) is 3.32. The molecule has 1 aromatic heterocycles. The molecule has 4 rings (SSSR count). The third-order valence-electron chi connectivity index (χ3n) is 6.80. The van der Waals surface area contributed by atoms with E-state index in [9.17, 15) is 9.59 Å². The van der Waals surface area contributed by atoms with Crippen molar-refractivity contribution in [2.24, 2.45) is 17.8 Å². The van der Waals surface area contributed by atoms with Gasteiger partial charge in [0.15, 0.2) is 0 Å². The van der Waals surface area contributed by atoms with Crippen molar-refractivity contribution in [2.75, 3.05) is 13.1 Å². The van der Waals surface area contributed by atoms with Crippen LogP contribution >= 0.6 is 11.3 Å². The lowest BCUT2D eigenvalue weighted by Crippen LogP contribution is -2.50. The summed E-state index contributed by atoms with van der Waals surface area (Å²) < 4.78 is 0. The van der Waals surface area contributed by atoms with Crippen molar-refractivity contribution in [1.82, 2.24) is 15.5 Å². The highest BCUT2D eigenvalue weighted by molar-refractivity contribution is 7.10. The van der Waals surface area contributed by atoms with Crippen LogP contribution in [0.4, 0.5) is 4.79 Å². The molecule has 5 unspecified atom stereocenters. The van der Waals surface area contributed by atoms with Gasteiger partial charge in [0, 0.05) is 23.5 Å². The molecule has 0 aromatic carbocycles.